The van der Waals surface area contributed by atoms with Crippen LogP contribution >= 0.6 is 0 Å². The first kappa shape index (κ1) is 11.9. The van der Waals surface area contributed by atoms with Crippen LogP contribution in [-0.2, 0) is 4.79 Å². The highest BCUT2D eigenvalue weighted by Crippen LogP contribution is 2.16. The molecule has 0 aliphatic carbocycles. The van der Waals surface area contributed by atoms with Crippen LogP contribution in [0.15, 0.2) is 24.3 Å². The fourth-order valence-electron chi connectivity index (χ4n) is 2.14. The summed E-state index contributed by atoms with van der Waals surface area (Å²) in [6, 6.07) is 8.56. The zero-order valence-electron chi connectivity index (χ0n) is 10.2. The Morgan fingerprint density at radius 2 is 1.76 bits per heavy atom. The lowest BCUT2D eigenvalue weighted by Gasteiger charge is -2.35. The number of benzene rings is 1. The van der Waals surface area contributed by atoms with Gasteiger partial charge in [-0.1, -0.05) is 17.7 Å². The zero-order chi connectivity index (χ0) is 12.3. The molecule has 0 saturated carbocycles. The molecule has 1 aromatic rings. The van der Waals surface area contributed by atoms with E-state index in [1.165, 1.54) is 11.3 Å². The van der Waals surface area contributed by atoms with Crippen LogP contribution in [0.2, 0.25) is 0 Å². The molecular formula is C13H19N3O. The van der Waals surface area contributed by atoms with Gasteiger partial charge < -0.3 is 10.6 Å². The number of carbonyl (C=O) groups is 1. The van der Waals surface area contributed by atoms with E-state index >= 15 is 0 Å². The molecule has 1 amide bonds. The first-order valence-corrected chi connectivity index (χ1v) is 5.97. The van der Waals surface area contributed by atoms with Crippen LogP contribution in [0.5, 0.6) is 0 Å². The summed E-state index contributed by atoms with van der Waals surface area (Å²) in [5.74, 6) is -0.242. The summed E-state index contributed by atoms with van der Waals surface area (Å²) in [6.45, 7) is 6.18. The van der Waals surface area contributed by atoms with E-state index in [1.807, 2.05) is 0 Å². The third-order valence-electron chi connectivity index (χ3n) is 3.15. The van der Waals surface area contributed by atoms with Crippen LogP contribution in [0.3, 0.4) is 0 Å². The molecule has 17 heavy (non-hydrogen) atoms. The fraction of sp³-hybridized carbons (Fsp3) is 0.462. The zero-order valence-corrected chi connectivity index (χ0v) is 10.2. The Hall–Kier alpha value is -1.55. The maximum Gasteiger partial charge on any atom is 0.231 e. The minimum Gasteiger partial charge on any atom is -0.369 e. The number of rotatable bonds is 3. The first-order valence-electron chi connectivity index (χ1n) is 5.97. The Kier molecular flexibility index (Phi) is 3.64. The van der Waals surface area contributed by atoms with Crippen molar-refractivity contribution >= 4 is 11.6 Å². The SMILES string of the molecule is Cc1ccc(N2CCN(CC(N)=O)CC2)cc1. The first-order chi connectivity index (χ1) is 8.15. The second-order valence-corrected chi connectivity index (χ2v) is 4.57. The molecule has 4 heteroatoms. The van der Waals surface area contributed by atoms with Crippen molar-refractivity contribution in [3.05, 3.63) is 29.8 Å². The van der Waals surface area contributed by atoms with Crippen molar-refractivity contribution in [2.24, 2.45) is 5.73 Å². The molecule has 4 nitrogen and oxygen atoms in total. The van der Waals surface area contributed by atoms with E-state index < -0.39 is 0 Å². The smallest absolute Gasteiger partial charge is 0.231 e. The molecule has 1 aromatic carbocycles. The van der Waals surface area contributed by atoms with Crippen molar-refractivity contribution in [1.29, 1.82) is 0 Å². The molecule has 0 bridgehead atoms. The van der Waals surface area contributed by atoms with Gasteiger partial charge in [-0.05, 0) is 19.1 Å². The minimum atomic E-state index is -0.242. The van der Waals surface area contributed by atoms with Crippen molar-refractivity contribution in [1.82, 2.24) is 4.90 Å². The number of aryl methyl sites for hydroxylation is 1. The second kappa shape index (κ2) is 5.19. The van der Waals surface area contributed by atoms with Gasteiger partial charge in [-0.3, -0.25) is 9.69 Å². The summed E-state index contributed by atoms with van der Waals surface area (Å²) in [5, 5.41) is 0. The number of hydrogen-bond acceptors (Lipinski definition) is 3. The third kappa shape index (κ3) is 3.20. The maximum absolute atomic E-state index is 10.8. The normalized spacial score (nSPS) is 17.1. The number of nitrogens with two attached hydrogens (primary N) is 1. The predicted octanol–water partition coefficient (Wildman–Crippen LogP) is 0.602. The molecule has 1 aliphatic rings. The molecule has 0 spiro atoms. The largest absolute Gasteiger partial charge is 0.369 e. The van der Waals surface area contributed by atoms with Gasteiger partial charge in [0.15, 0.2) is 0 Å². The number of hydrogen-bond donors (Lipinski definition) is 1. The molecule has 0 atom stereocenters. The van der Waals surface area contributed by atoms with Crippen molar-refractivity contribution in [3.63, 3.8) is 0 Å². The predicted molar refractivity (Wildman–Crippen MR) is 69.0 cm³/mol. The molecular weight excluding hydrogens is 214 g/mol. The molecule has 2 rings (SSSR count). The summed E-state index contributed by atoms with van der Waals surface area (Å²) >= 11 is 0. The molecule has 1 fully saturated rings. The van der Waals surface area contributed by atoms with Crippen molar-refractivity contribution in [2.45, 2.75) is 6.92 Å². The lowest BCUT2D eigenvalue weighted by Crippen LogP contribution is -2.48. The fourth-order valence-corrected chi connectivity index (χ4v) is 2.14. The summed E-state index contributed by atoms with van der Waals surface area (Å²) in [5.41, 5.74) is 7.73. The van der Waals surface area contributed by atoms with E-state index in [9.17, 15) is 4.79 Å². The van der Waals surface area contributed by atoms with Gasteiger partial charge in [0, 0.05) is 31.9 Å². The number of anilines is 1. The molecule has 2 N–H and O–H groups in total. The number of primary amides is 1. The molecule has 0 unspecified atom stereocenters. The van der Waals surface area contributed by atoms with E-state index in [0.717, 1.165) is 26.2 Å². The second-order valence-electron chi connectivity index (χ2n) is 4.57. The average Bonchev–Trinajstić information content (AvgIpc) is 2.30. The molecule has 1 heterocycles. The number of amides is 1. The molecule has 1 saturated heterocycles. The summed E-state index contributed by atoms with van der Waals surface area (Å²) in [6.07, 6.45) is 0. The number of carbonyl (C=O) groups excluding carboxylic acids is 1. The maximum atomic E-state index is 10.8. The Morgan fingerprint density at radius 1 is 1.18 bits per heavy atom. The Labute approximate surface area is 102 Å². The van der Waals surface area contributed by atoms with Gasteiger partial charge in [-0.25, -0.2) is 0 Å². The van der Waals surface area contributed by atoms with Gasteiger partial charge in [0.25, 0.3) is 0 Å². The number of nitrogens with zero attached hydrogens (tertiary/aromatic N) is 2. The highest BCUT2D eigenvalue weighted by molar-refractivity contribution is 5.75. The van der Waals surface area contributed by atoms with Crippen LogP contribution in [0.4, 0.5) is 5.69 Å². The van der Waals surface area contributed by atoms with Gasteiger partial charge in [-0.2, -0.15) is 0 Å². The molecule has 1 aliphatic heterocycles. The van der Waals surface area contributed by atoms with Gasteiger partial charge in [-0.15, -0.1) is 0 Å². The van der Waals surface area contributed by atoms with E-state index in [-0.39, 0.29) is 5.91 Å². The van der Waals surface area contributed by atoms with Crippen LogP contribution in [0.1, 0.15) is 5.56 Å². The monoisotopic (exact) mass is 233 g/mol. The lowest BCUT2D eigenvalue weighted by molar-refractivity contribution is -0.119. The summed E-state index contributed by atoms with van der Waals surface area (Å²) in [7, 11) is 0. The average molecular weight is 233 g/mol. The van der Waals surface area contributed by atoms with Gasteiger partial charge >= 0.3 is 0 Å². The van der Waals surface area contributed by atoms with Crippen molar-refractivity contribution in [3.8, 4) is 0 Å². The van der Waals surface area contributed by atoms with Crippen LogP contribution in [0.25, 0.3) is 0 Å². The topological polar surface area (TPSA) is 49.6 Å². The van der Waals surface area contributed by atoms with E-state index in [0.29, 0.717) is 6.54 Å². The molecule has 92 valence electrons. The number of piperazine rings is 1. The summed E-state index contributed by atoms with van der Waals surface area (Å²) < 4.78 is 0. The Balaban J connectivity index is 1.90. The van der Waals surface area contributed by atoms with Gasteiger partial charge in [0.2, 0.25) is 5.91 Å². The highest BCUT2D eigenvalue weighted by Gasteiger charge is 2.17. The van der Waals surface area contributed by atoms with Crippen LogP contribution in [-0.4, -0.2) is 43.5 Å². The minimum absolute atomic E-state index is 0.242. The quantitative estimate of drug-likeness (QED) is 0.832. The molecule has 0 radical (unpaired) electrons. The van der Waals surface area contributed by atoms with E-state index in [4.69, 9.17) is 5.73 Å². The van der Waals surface area contributed by atoms with E-state index in [1.54, 1.807) is 0 Å². The van der Waals surface area contributed by atoms with Crippen molar-refractivity contribution < 1.29 is 4.79 Å². The summed E-state index contributed by atoms with van der Waals surface area (Å²) in [4.78, 5) is 15.3. The Morgan fingerprint density at radius 3 is 2.29 bits per heavy atom. The van der Waals surface area contributed by atoms with Gasteiger partial charge in [0.05, 0.1) is 6.54 Å². The van der Waals surface area contributed by atoms with Crippen molar-refractivity contribution in [2.75, 3.05) is 37.6 Å². The molecule has 0 aromatic heterocycles. The van der Waals surface area contributed by atoms with Gasteiger partial charge in [0.1, 0.15) is 0 Å². The Bertz CT molecular complexity index is 380. The third-order valence-corrected chi connectivity index (χ3v) is 3.15. The highest BCUT2D eigenvalue weighted by atomic mass is 16.1. The standard InChI is InChI=1S/C13H19N3O/c1-11-2-4-12(5-3-11)16-8-6-15(7-9-16)10-13(14)17/h2-5H,6-10H2,1H3,(H2,14,17). The van der Waals surface area contributed by atoms with Crippen LogP contribution < -0.4 is 10.6 Å². The van der Waals surface area contributed by atoms with Crippen LogP contribution in [0, 0.1) is 6.92 Å². The lowest BCUT2D eigenvalue weighted by atomic mass is 10.2. The van der Waals surface area contributed by atoms with E-state index in [2.05, 4.69) is 41.0 Å².